The Bertz CT molecular complexity index is 260. The van der Waals surface area contributed by atoms with Crippen LogP contribution in [0.25, 0.3) is 0 Å². The van der Waals surface area contributed by atoms with Gasteiger partial charge in [-0.25, -0.2) is 0 Å². The van der Waals surface area contributed by atoms with Crippen LogP contribution in [0.15, 0.2) is 6.33 Å². The normalized spacial score (nSPS) is 13.1. The van der Waals surface area contributed by atoms with Gasteiger partial charge in [-0.2, -0.15) is 0 Å². The van der Waals surface area contributed by atoms with Crippen molar-refractivity contribution in [2.45, 2.75) is 33.2 Å². The molecular weight excluding hydrogens is 178 g/mol. The second-order valence-corrected chi connectivity index (χ2v) is 3.65. The van der Waals surface area contributed by atoms with Crippen LogP contribution in [0.2, 0.25) is 0 Å². The van der Waals surface area contributed by atoms with E-state index in [0.29, 0.717) is 12.5 Å². The first kappa shape index (κ1) is 11.2. The molecule has 0 radical (unpaired) electrons. The molecule has 1 rings (SSSR count). The highest BCUT2D eigenvalue weighted by Gasteiger charge is 2.07. The van der Waals surface area contributed by atoms with Crippen LogP contribution in [0.1, 0.15) is 26.1 Å². The van der Waals surface area contributed by atoms with Crippen molar-refractivity contribution in [2.24, 2.45) is 5.92 Å². The molecular formula is C10H19N3O. The third-order valence-corrected chi connectivity index (χ3v) is 2.46. The average Bonchev–Trinajstić information content (AvgIpc) is 2.62. The third kappa shape index (κ3) is 3.10. The second-order valence-electron chi connectivity index (χ2n) is 3.65. The van der Waals surface area contributed by atoms with Crippen LogP contribution in [-0.2, 0) is 17.7 Å². The maximum atomic E-state index is 5.03. The summed E-state index contributed by atoms with van der Waals surface area (Å²) in [7, 11) is 1.71. The van der Waals surface area contributed by atoms with Gasteiger partial charge in [-0.15, -0.1) is 10.2 Å². The lowest BCUT2D eigenvalue weighted by atomic mass is 10.1. The molecule has 1 unspecified atom stereocenters. The van der Waals surface area contributed by atoms with Crippen molar-refractivity contribution in [1.82, 2.24) is 14.8 Å². The number of aromatic nitrogens is 3. The van der Waals surface area contributed by atoms with E-state index in [2.05, 4.69) is 28.6 Å². The minimum atomic E-state index is 0.667. The van der Waals surface area contributed by atoms with Gasteiger partial charge in [0, 0.05) is 20.1 Å². The molecule has 4 nitrogen and oxygen atoms in total. The first-order valence-electron chi connectivity index (χ1n) is 5.13. The summed E-state index contributed by atoms with van der Waals surface area (Å²) in [6.07, 6.45) is 3.95. The molecule has 0 aliphatic heterocycles. The van der Waals surface area contributed by atoms with Gasteiger partial charge in [0.15, 0.2) is 0 Å². The molecule has 0 aliphatic carbocycles. The Morgan fingerprint density at radius 2 is 2.36 bits per heavy atom. The van der Waals surface area contributed by atoms with E-state index in [0.717, 1.165) is 18.8 Å². The highest BCUT2D eigenvalue weighted by molar-refractivity contribution is 4.87. The highest BCUT2D eigenvalue weighted by atomic mass is 16.5. The topological polar surface area (TPSA) is 39.9 Å². The smallest absolute Gasteiger partial charge is 0.133 e. The zero-order chi connectivity index (χ0) is 10.4. The summed E-state index contributed by atoms with van der Waals surface area (Å²) < 4.78 is 7.09. The summed E-state index contributed by atoms with van der Waals surface area (Å²) in [5.74, 6) is 1.73. The van der Waals surface area contributed by atoms with E-state index in [1.165, 1.54) is 6.42 Å². The molecule has 0 saturated carbocycles. The second kappa shape index (κ2) is 5.75. The lowest BCUT2D eigenvalue weighted by molar-refractivity contribution is 0.186. The van der Waals surface area contributed by atoms with Crippen molar-refractivity contribution in [2.75, 3.05) is 13.7 Å². The Labute approximate surface area is 85.3 Å². The van der Waals surface area contributed by atoms with Crippen LogP contribution in [0, 0.1) is 5.92 Å². The molecule has 0 bridgehead atoms. The summed E-state index contributed by atoms with van der Waals surface area (Å²) in [5, 5.41) is 8.03. The number of nitrogens with zero attached hydrogens (tertiary/aromatic N) is 3. The molecule has 0 saturated heterocycles. The van der Waals surface area contributed by atoms with Gasteiger partial charge in [0.1, 0.15) is 12.2 Å². The average molecular weight is 197 g/mol. The fraction of sp³-hybridized carbons (Fsp3) is 0.800. The Kier molecular flexibility index (Phi) is 4.59. The minimum absolute atomic E-state index is 0.667. The zero-order valence-electron chi connectivity index (χ0n) is 9.23. The quantitative estimate of drug-likeness (QED) is 0.694. The molecule has 1 heterocycles. The number of hydrogen-bond acceptors (Lipinski definition) is 3. The van der Waals surface area contributed by atoms with Gasteiger partial charge in [-0.3, -0.25) is 0 Å². The Balaban J connectivity index is 2.53. The summed E-state index contributed by atoms with van der Waals surface area (Å²) in [5.41, 5.74) is 0. The Hall–Kier alpha value is -0.900. The van der Waals surface area contributed by atoms with Crippen LogP contribution >= 0.6 is 0 Å². The van der Waals surface area contributed by atoms with Gasteiger partial charge in [0.05, 0.1) is 6.61 Å². The Morgan fingerprint density at radius 3 is 3.00 bits per heavy atom. The summed E-state index contributed by atoms with van der Waals surface area (Å²) in [6.45, 7) is 5.98. The molecule has 0 amide bonds. The highest BCUT2D eigenvalue weighted by Crippen LogP contribution is 2.08. The molecule has 0 spiro atoms. The molecule has 4 heteroatoms. The van der Waals surface area contributed by atoms with Gasteiger partial charge in [0.2, 0.25) is 0 Å². The van der Waals surface area contributed by atoms with Crippen LogP contribution in [0.5, 0.6) is 0 Å². The molecule has 14 heavy (non-hydrogen) atoms. The van der Waals surface area contributed by atoms with E-state index >= 15 is 0 Å². The summed E-state index contributed by atoms with van der Waals surface area (Å²) in [6, 6.07) is 0. The van der Waals surface area contributed by atoms with Gasteiger partial charge in [-0.1, -0.05) is 20.3 Å². The van der Waals surface area contributed by atoms with E-state index in [9.17, 15) is 0 Å². The van der Waals surface area contributed by atoms with Crippen molar-refractivity contribution in [3.63, 3.8) is 0 Å². The standard InChI is InChI=1S/C10H19N3O/c1-4-9(2)7-10-12-11-8-13(10)5-6-14-3/h8-9H,4-7H2,1-3H3. The molecule has 0 N–H and O–H groups in total. The van der Waals surface area contributed by atoms with Crippen LogP contribution in [-0.4, -0.2) is 28.5 Å². The van der Waals surface area contributed by atoms with Gasteiger partial charge in [0.25, 0.3) is 0 Å². The molecule has 80 valence electrons. The number of ether oxygens (including phenoxy) is 1. The molecule has 1 atom stereocenters. The minimum Gasteiger partial charge on any atom is -0.383 e. The van der Waals surface area contributed by atoms with E-state index in [-0.39, 0.29) is 0 Å². The number of methoxy groups -OCH3 is 1. The van der Waals surface area contributed by atoms with Crippen molar-refractivity contribution < 1.29 is 4.74 Å². The fourth-order valence-electron chi connectivity index (χ4n) is 1.27. The van der Waals surface area contributed by atoms with Crippen molar-refractivity contribution in [3.8, 4) is 0 Å². The fourth-order valence-corrected chi connectivity index (χ4v) is 1.27. The zero-order valence-corrected chi connectivity index (χ0v) is 9.23. The van der Waals surface area contributed by atoms with Crippen molar-refractivity contribution in [1.29, 1.82) is 0 Å². The number of hydrogen-bond donors (Lipinski definition) is 0. The van der Waals surface area contributed by atoms with Gasteiger partial charge in [-0.05, 0) is 5.92 Å². The maximum absolute atomic E-state index is 5.03. The van der Waals surface area contributed by atoms with E-state index in [1.807, 2.05) is 0 Å². The first-order chi connectivity index (χ1) is 6.77. The molecule has 0 aliphatic rings. The lowest BCUT2D eigenvalue weighted by Gasteiger charge is -2.09. The molecule has 0 aromatic carbocycles. The Morgan fingerprint density at radius 1 is 1.57 bits per heavy atom. The van der Waals surface area contributed by atoms with E-state index in [4.69, 9.17) is 4.74 Å². The van der Waals surface area contributed by atoms with Crippen molar-refractivity contribution in [3.05, 3.63) is 12.2 Å². The van der Waals surface area contributed by atoms with E-state index in [1.54, 1.807) is 13.4 Å². The monoisotopic (exact) mass is 197 g/mol. The first-order valence-corrected chi connectivity index (χ1v) is 5.13. The van der Waals surface area contributed by atoms with Crippen LogP contribution in [0.3, 0.4) is 0 Å². The summed E-state index contributed by atoms with van der Waals surface area (Å²) >= 11 is 0. The summed E-state index contributed by atoms with van der Waals surface area (Å²) in [4.78, 5) is 0. The molecule has 1 aromatic rings. The van der Waals surface area contributed by atoms with Crippen LogP contribution in [0.4, 0.5) is 0 Å². The van der Waals surface area contributed by atoms with Crippen LogP contribution < -0.4 is 0 Å². The largest absolute Gasteiger partial charge is 0.383 e. The van der Waals surface area contributed by atoms with Gasteiger partial charge < -0.3 is 9.30 Å². The van der Waals surface area contributed by atoms with E-state index < -0.39 is 0 Å². The van der Waals surface area contributed by atoms with Crippen molar-refractivity contribution >= 4 is 0 Å². The van der Waals surface area contributed by atoms with Gasteiger partial charge >= 0.3 is 0 Å². The third-order valence-electron chi connectivity index (χ3n) is 2.46. The SMILES string of the molecule is CCC(C)Cc1nncn1CCOC. The lowest BCUT2D eigenvalue weighted by Crippen LogP contribution is -2.10. The predicted molar refractivity (Wildman–Crippen MR) is 55.1 cm³/mol. The molecule has 1 aromatic heterocycles. The number of rotatable bonds is 6. The maximum Gasteiger partial charge on any atom is 0.133 e. The predicted octanol–water partition coefficient (Wildman–Crippen LogP) is 1.51. The molecule has 0 fully saturated rings.